The summed E-state index contributed by atoms with van der Waals surface area (Å²) in [5.41, 5.74) is 2.32. The van der Waals surface area contributed by atoms with Gasteiger partial charge in [0, 0.05) is 39.2 Å². The van der Waals surface area contributed by atoms with E-state index in [4.69, 9.17) is 4.74 Å². The van der Waals surface area contributed by atoms with Gasteiger partial charge in [-0.3, -0.25) is 4.98 Å². The van der Waals surface area contributed by atoms with Crippen LogP contribution in [0.1, 0.15) is 22.8 Å². The Morgan fingerprint density at radius 2 is 1.81 bits per heavy atom. The predicted molar refractivity (Wildman–Crippen MR) is 97.9 cm³/mol. The van der Waals surface area contributed by atoms with Crippen molar-refractivity contribution in [2.75, 3.05) is 6.61 Å². The molecule has 0 fully saturated rings. The zero-order chi connectivity index (χ0) is 19.4. The van der Waals surface area contributed by atoms with E-state index in [2.05, 4.69) is 29.6 Å². The third-order valence-electron chi connectivity index (χ3n) is 4.09. The van der Waals surface area contributed by atoms with Crippen molar-refractivity contribution in [3.63, 3.8) is 0 Å². The molecule has 0 aliphatic heterocycles. The van der Waals surface area contributed by atoms with Crippen molar-refractivity contribution in [1.29, 1.82) is 0 Å². The van der Waals surface area contributed by atoms with Crippen LogP contribution in [0.4, 0.5) is 13.2 Å². The van der Waals surface area contributed by atoms with Gasteiger partial charge in [0.1, 0.15) is 19.0 Å². The van der Waals surface area contributed by atoms with Gasteiger partial charge in [-0.1, -0.05) is 19.6 Å². The molecule has 8 heteroatoms. The SMILES string of the molecule is Cc1c(Cc2ccncc2)nc(CC(F)(F)F)n1COCC[Si](C)(C)C. The summed E-state index contributed by atoms with van der Waals surface area (Å²) in [6, 6.07) is 4.65. The van der Waals surface area contributed by atoms with Gasteiger partial charge in [-0.05, 0) is 30.7 Å². The molecule has 0 aliphatic rings. The number of alkyl halides is 3. The molecular formula is C18H26F3N3OSi. The Hall–Kier alpha value is -1.67. The standard InChI is InChI=1S/C18H26F3N3OSi/c1-14-16(11-15-5-7-22-8-6-15)23-17(12-18(19,20)21)24(14)13-25-9-10-26(2,3)4/h5-8H,9-13H2,1-4H3. The Kier molecular flexibility index (Phi) is 6.62. The van der Waals surface area contributed by atoms with Crippen LogP contribution in [0, 0.1) is 6.92 Å². The van der Waals surface area contributed by atoms with E-state index < -0.39 is 20.7 Å². The van der Waals surface area contributed by atoms with Crippen molar-refractivity contribution in [2.24, 2.45) is 0 Å². The zero-order valence-corrected chi connectivity index (χ0v) is 16.7. The van der Waals surface area contributed by atoms with E-state index in [0.717, 1.165) is 11.6 Å². The monoisotopic (exact) mass is 385 g/mol. The number of rotatable bonds is 8. The second-order valence-corrected chi connectivity index (χ2v) is 13.3. The fraction of sp³-hybridized carbons (Fsp3) is 0.556. The molecule has 2 aromatic rings. The van der Waals surface area contributed by atoms with E-state index in [-0.39, 0.29) is 12.6 Å². The summed E-state index contributed by atoms with van der Waals surface area (Å²) in [7, 11) is -1.24. The van der Waals surface area contributed by atoms with Gasteiger partial charge in [0.15, 0.2) is 0 Å². The lowest BCUT2D eigenvalue weighted by molar-refractivity contribution is -0.129. The summed E-state index contributed by atoms with van der Waals surface area (Å²) in [4.78, 5) is 8.23. The van der Waals surface area contributed by atoms with Crippen molar-refractivity contribution in [3.05, 3.63) is 47.3 Å². The maximum Gasteiger partial charge on any atom is 0.396 e. The Morgan fingerprint density at radius 1 is 1.15 bits per heavy atom. The highest BCUT2D eigenvalue weighted by molar-refractivity contribution is 6.76. The molecule has 0 spiro atoms. The summed E-state index contributed by atoms with van der Waals surface area (Å²) in [5, 5.41) is 0. The van der Waals surface area contributed by atoms with E-state index >= 15 is 0 Å². The summed E-state index contributed by atoms with van der Waals surface area (Å²) < 4.78 is 46.0. The molecular weight excluding hydrogens is 359 g/mol. The fourth-order valence-corrected chi connectivity index (χ4v) is 3.28. The van der Waals surface area contributed by atoms with Crippen LogP contribution in [0.25, 0.3) is 0 Å². The van der Waals surface area contributed by atoms with E-state index in [9.17, 15) is 13.2 Å². The van der Waals surface area contributed by atoms with Gasteiger partial charge in [-0.15, -0.1) is 0 Å². The van der Waals surface area contributed by atoms with E-state index in [0.29, 0.717) is 24.4 Å². The molecule has 144 valence electrons. The number of hydrogen-bond acceptors (Lipinski definition) is 3. The third kappa shape index (κ3) is 6.57. The van der Waals surface area contributed by atoms with Crippen LogP contribution in [-0.4, -0.2) is 35.4 Å². The van der Waals surface area contributed by atoms with Crippen molar-refractivity contribution < 1.29 is 17.9 Å². The van der Waals surface area contributed by atoms with Crippen LogP contribution in [-0.2, 0) is 24.3 Å². The molecule has 0 unspecified atom stereocenters. The molecule has 0 N–H and O–H groups in total. The predicted octanol–water partition coefficient (Wildman–Crippen LogP) is 4.59. The first-order valence-electron chi connectivity index (χ1n) is 8.63. The molecule has 2 rings (SSSR count). The number of pyridine rings is 1. The molecule has 0 aliphatic carbocycles. The molecule has 0 saturated carbocycles. The number of ether oxygens (including phenoxy) is 1. The minimum Gasteiger partial charge on any atom is -0.361 e. The molecule has 0 atom stereocenters. The zero-order valence-electron chi connectivity index (χ0n) is 15.7. The second-order valence-electron chi connectivity index (χ2n) is 7.66. The molecule has 0 bridgehead atoms. The van der Waals surface area contributed by atoms with E-state index in [1.165, 1.54) is 0 Å². The average molecular weight is 386 g/mol. The van der Waals surface area contributed by atoms with E-state index in [1.54, 1.807) is 23.9 Å². The molecule has 0 saturated heterocycles. The van der Waals surface area contributed by atoms with Crippen LogP contribution in [0.2, 0.25) is 25.7 Å². The molecule has 0 amide bonds. The molecule has 0 radical (unpaired) electrons. The maximum atomic E-state index is 12.9. The quantitative estimate of drug-likeness (QED) is 0.493. The third-order valence-corrected chi connectivity index (χ3v) is 5.80. The van der Waals surface area contributed by atoms with Crippen LogP contribution in [0.5, 0.6) is 0 Å². The lowest BCUT2D eigenvalue weighted by Gasteiger charge is -2.17. The highest BCUT2D eigenvalue weighted by Crippen LogP contribution is 2.24. The Bertz CT molecular complexity index is 709. The van der Waals surface area contributed by atoms with Gasteiger partial charge in [-0.2, -0.15) is 13.2 Å². The van der Waals surface area contributed by atoms with Crippen molar-refractivity contribution in [2.45, 2.75) is 58.4 Å². The summed E-state index contributed by atoms with van der Waals surface area (Å²) in [5.74, 6) is 0.00654. The van der Waals surface area contributed by atoms with Gasteiger partial charge in [0.25, 0.3) is 0 Å². The highest BCUT2D eigenvalue weighted by Gasteiger charge is 2.31. The number of nitrogens with zero attached hydrogens (tertiary/aromatic N) is 3. The van der Waals surface area contributed by atoms with Crippen LogP contribution < -0.4 is 0 Å². The fourth-order valence-electron chi connectivity index (χ4n) is 2.53. The van der Waals surface area contributed by atoms with E-state index in [1.807, 2.05) is 12.1 Å². The summed E-state index contributed by atoms with van der Waals surface area (Å²) >= 11 is 0. The summed E-state index contributed by atoms with van der Waals surface area (Å²) in [6.07, 6.45) is -1.56. The minimum absolute atomic E-state index is 0.00654. The van der Waals surface area contributed by atoms with Gasteiger partial charge >= 0.3 is 6.18 Å². The Labute approximate surface area is 153 Å². The topological polar surface area (TPSA) is 39.9 Å². The first-order valence-corrected chi connectivity index (χ1v) is 12.3. The smallest absolute Gasteiger partial charge is 0.361 e. The van der Waals surface area contributed by atoms with Crippen molar-refractivity contribution in [1.82, 2.24) is 14.5 Å². The number of hydrogen-bond donors (Lipinski definition) is 0. The number of aromatic nitrogens is 3. The van der Waals surface area contributed by atoms with Crippen molar-refractivity contribution in [3.8, 4) is 0 Å². The normalized spacial score (nSPS) is 12.6. The molecule has 4 nitrogen and oxygen atoms in total. The lowest BCUT2D eigenvalue weighted by Crippen LogP contribution is -2.23. The molecule has 0 aromatic carbocycles. The van der Waals surface area contributed by atoms with Gasteiger partial charge in [0.05, 0.1) is 5.69 Å². The number of halogens is 3. The molecule has 2 heterocycles. The van der Waals surface area contributed by atoms with Crippen LogP contribution in [0.15, 0.2) is 24.5 Å². The Morgan fingerprint density at radius 3 is 2.38 bits per heavy atom. The molecule has 2 aromatic heterocycles. The first kappa shape index (κ1) is 20.6. The minimum atomic E-state index is -4.30. The summed E-state index contributed by atoms with van der Waals surface area (Å²) in [6.45, 7) is 9.16. The maximum absolute atomic E-state index is 12.9. The van der Waals surface area contributed by atoms with Crippen LogP contribution >= 0.6 is 0 Å². The van der Waals surface area contributed by atoms with Crippen molar-refractivity contribution >= 4 is 8.07 Å². The van der Waals surface area contributed by atoms with Gasteiger partial charge in [-0.25, -0.2) is 4.98 Å². The lowest BCUT2D eigenvalue weighted by atomic mass is 10.1. The Balaban J connectivity index is 2.17. The first-order chi connectivity index (χ1) is 12.1. The van der Waals surface area contributed by atoms with Crippen LogP contribution in [0.3, 0.4) is 0 Å². The second kappa shape index (κ2) is 8.35. The van der Waals surface area contributed by atoms with Gasteiger partial charge < -0.3 is 9.30 Å². The average Bonchev–Trinajstić information content (AvgIpc) is 2.78. The number of imidazole rings is 1. The van der Waals surface area contributed by atoms with Gasteiger partial charge in [0.2, 0.25) is 0 Å². The highest BCUT2D eigenvalue weighted by atomic mass is 28.3. The molecule has 26 heavy (non-hydrogen) atoms. The largest absolute Gasteiger partial charge is 0.396 e.